The number of halogens is 3. The predicted molar refractivity (Wildman–Crippen MR) is 84.6 cm³/mol. The topological polar surface area (TPSA) is 67.8 Å². The number of fused-ring (bicyclic) bond motifs is 1. The number of rotatable bonds is 2. The Balaban J connectivity index is 2.02. The van der Waals surface area contributed by atoms with Gasteiger partial charge >= 0.3 is 0 Å². The van der Waals surface area contributed by atoms with E-state index < -0.39 is 5.91 Å². The van der Waals surface area contributed by atoms with Crippen LogP contribution in [-0.4, -0.2) is 19.6 Å². The first-order valence-electron chi connectivity index (χ1n) is 5.59. The second-order valence-corrected chi connectivity index (χ2v) is 5.73. The van der Waals surface area contributed by atoms with Crippen LogP contribution in [0.1, 0.15) is 10.4 Å². The van der Waals surface area contributed by atoms with E-state index in [1.54, 1.807) is 12.1 Å². The molecule has 0 saturated heterocycles. The van der Waals surface area contributed by atoms with Crippen LogP contribution in [-0.2, 0) is 0 Å². The Morgan fingerprint density at radius 1 is 1.14 bits per heavy atom. The molecule has 0 unspecified atom stereocenters. The minimum absolute atomic E-state index is 0.171. The zero-order chi connectivity index (χ0) is 15.0. The Morgan fingerprint density at radius 2 is 1.95 bits per heavy atom. The number of carbonyl (C=O) groups excluding carboxylic acids is 1. The minimum atomic E-state index is -0.452. The molecule has 0 spiro atoms. The third-order valence-electron chi connectivity index (χ3n) is 2.68. The molecule has 0 aliphatic carbocycles. The lowest BCUT2D eigenvalue weighted by atomic mass is 10.2. The van der Waals surface area contributed by atoms with Crippen LogP contribution in [0, 0.1) is 0 Å². The highest BCUT2D eigenvalue weighted by atomic mass is 35.5. The highest BCUT2D eigenvalue weighted by Crippen LogP contribution is 2.31. The fourth-order valence-electron chi connectivity index (χ4n) is 1.71. The molecule has 2 aromatic heterocycles. The van der Waals surface area contributed by atoms with E-state index in [4.69, 9.17) is 34.8 Å². The van der Waals surface area contributed by atoms with E-state index in [0.29, 0.717) is 21.7 Å². The molecule has 3 rings (SSSR count). The molecular weight excluding hydrogens is 355 g/mol. The number of hydrogen-bond donors (Lipinski definition) is 1. The third-order valence-corrected chi connectivity index (χ3v) is 4.05. The van der Waals surface area contributed by atoms with E-state index in [-0.39, 0.29) is 15.7 Å². The van der Waals surface area contributed by atoms with E-state index in [9.17, 15) is 4.79 Å². The molecule has 5 nitrogen and oxygen atoms in total. The zero-order valence-electron chi connectivity index (χ0n) is 10.1. The van der Waals surface area contributed by atoms with Gasteiger partial charge in [0, 0.05) is 6.20 Å². The monoisotopic (exact) mass is 358 g/mol. The average molecular weight is 360 g/mol. The van der Waals surface area contributed by atoms with Gasteiger partial charge < -0.3 is 5.32 Å². The number of aromatic nitrogens is 3. The quantitative estimate of drug-likeness (QED) is 0.693. The Bertz CT molecular complexity index is 852. The van der Waals surface area contributed by atoms with E-state index in [0.717, 1.165) is 11.7 Å². The number of nitrogens with zero attached hydrogens (tertiary/aromatic N) is 3. The first-order chi connectivity index (χ1) is 10.1. The number of anilines is 1. The number of carbonyl (C=O) groups is 1. The summed E-state index contributed by atoms with van der Waals surface area (Å²) in [6.07, 6.45) is 1.31. The Kier molecular flexibility index (Phi) is 3.95. The van der Waals surface area contributed by atoms with Gasteiger partial charge in [0.2, 0.25) is 0 Å². The van der Waals surface area contributed by atoms with Crippen LogP contribution >= 0.6 is 46.5 Å². The number of pyridine rings is 1. The van der Waals surface area contributed by atoms with Crippen LogP contribution in [0.15, 0.2) is 24.4 Å². The maximum Gasteiger partial charge on any atom is 0.257 e. The van der Waals surface area contributed by atoms with E-state index in [2.05, 4.69) is 19.0 Å². The lowest BCUT2D eigenvalue weighted by Gasteiger charge is -2.08. The second kappa shape index (κ2) is 5.73. The number of hydrogen-bond acceptors (Lipinski definition) is 5. The lowest BCUT2D eigenvalue weighted by Crippen LogP contribution is -2.13. The first kappa shape index (κ1) is 14.5. The van der Waals surface area contributed by atoms with Gasteiger partial charge in [-0.2, -0.15) is 8.75 Å². The van der Waals surface area contributed by atoms with Gasteiger partial charge in [-0.1, -0.05) is 34.8 Å². The Labute approximate surface area is 138 Å². The zero-order valence-corrected chi connectivity index (χ0v) is 13.2. The number of benzene rings is 1. The van der Waals surface area contributed by atoms with Gasteiger partial charge in [-0.15, -0.1) is 0 Å². The van der Waals surface area contributed by atoms with Gasteiger partial charge in [-0.3, -0.25) is 4.79 Å². The van der Waals surface area contributed by atoms with Crippen molar-refractivity contribution in [3.8, 4) is 0 Å². The smallest absolute Gasteiger partial charge is 0.257 e. The van der Waals surface area contributed by atoms with Crippen molar-refractivity contribution in [2.24, 2.45) is 0 Å². The molecule has 0 atom stereocenters. The Morgan fingerprint density at radius 3 is 2.76 bits per heavy atom. The van der Waals surface area contributed by atoms with Crippen molar-refractivity contribution < 1.29 is 4.79 Å². The summed E-state index contributed by atoms with van der Waals surface area (Å²) in [6.45, 7) is 0. The predicted octanol–water partition coefficient (Wildman–Crippen LogP) is 4.30. The Hall–Kier alpha value is -1.47. The summed E-state index contributed by atoms with van der Waals surface area (Å²) < 4.78 is 8.22. The van der Waals surface area contributed by atoms with Gasteiger partial charge in [0.25, 0.3) is 5.91 Å². The van der Waals surface area contributed by atoms with Gasteiger partial charge in [-0.25, -0.2) is 4.98 Å². The van der Waals surface area contributed by atoms with Crippen LogP contribution in [0.3, 0.4) is 0 Å². The highest BCUT2D eigenvalue weighted by Gasteiger charge is 2.16. The normalized spacial score (nSPS) is 10.8. The fourth-order valence-corrected chi connectivity index (χ4v) is 2.80. The lowest BCUT2D eigenvalue weighted by molar-refractivity contribution is 0.102. The van der Waals surface area contributed by atoms with Crippen LogP contribution < -0.4 is 5.32 Å². The van der Waals surface area contributed by atoms with E-state index in [1.807, 2.05) is 0 Å². The summed E-state index contributed by atoms with van der Waals surface area (Å²) in [5.41, 5.74) is 1.76. The van der Waals surface area contributed by atoms with Gasteiger partial charge in [0.05, 0.1) is 33.0 Å². The summed E-state index contributed by atoms with van der Waals surface area (Å²) in [4.78, 5) is 16.1. The molecule has 1 N–H and O–H groups in total. The minimum Gasteiger partial charge on any atom is -0.319 e. The van der Waals surface area contributed by atoms with Crippen molar-refractivity contribution in [3.63, 3.8) is 0 Å². The van der Waals surface area contributed by atoms with Crippen molar-refractivity contribution in [1.82, 2.24) is 13.7 Å². The maximum absolute atomic E-state index is 12.3. The molecule has 0 saturated carbocycles. The van der Waals surface area contributed by atoms with Crippen molar-refractivity contribution in [2.45, 2.75) is 0 Å². The number of amides is 1. The fraction of sp³-hybridized carbons (Fsp3) is 0. The summed E-state index contributed by atoms with van der Waals surface area (Å²) in [5.74, 6) is -0.452. The van der Waals surface area contributed by atoms with E-state index >= 15 is 0 Å². The first-order valence-corrected chi connectivity index (χ1v) is 7.46. The largest absolute Gasteiger partial charge is 0.319 e. The van der Waals surface area contributed by atoms with Gasteiger partial charge in [0.1, 0.15) is 16.2 Å². The second-order valence-electron chi connectivity index (χ2n) is 4.00. The average Bonchev–Trinajstić information content (AvgIpc) is 2.93. The third kappa shape index (κ3) is 2.80. The van der Waals surface area contributed by atoms with Crippen molar-refractivity contribution in [1.29, 1.82) is 0 Å². The summed E-state index contributed by atoms with van der Waals surface area (Å²) in [7, 11) is 0. The van der Waals surface area contributed by atoms with Crippen LogP contribution in [0.5, 0.6) is 0 Å². The van der Waals surface area contributed by atoms with Gasteiger partial charge in [0.15, 0.2) is 0 Å². The number of nitrogens with one attached hydrogen (secondary N) is 1. The summed E-state index contributed by atoms with van der Waals surface area (Å²) in [5, 5.41) is 3.41. The molecule has 0 aliphatic heterocycles. The van der Waals surface area contributed by atoms with Crippen LogP contribution in [0.25, 0.3) is 11.0 Å². The van der Waals surface area contributed by atoms with Crippen LogP contribution in [0.2, 0.25) is 15.2 Å². The molecule has 0 aliphatic rings. The van der Waals surface area contributed by atoms with Crippen molar-refractivity contribution in [3.05, 3.63) is 45.2 Å². The highest BCUT2D eigenvalue weighted by molar-refractivity contribution is 7.00. The molecule has 21 heavy (non-hydrogen) atoms. The molecule has 0 bridgehead atoms. The van der Waals surface area contributed by atoms with Crippen molar-refractivity contribution in [2.75, 3.05) is 5.32 Å². The standard InChI is InChI=1S/C12H5Cl3N4OS/c13-6-1-2-8-11(19-21-18-8)10(6)17-12(20)5-3-9(15)16-4-7(5)14/h1-4H,(H,17,20). The molecule has 0 fully saturated rings. The van der Waals surface area contributed by atoms with Crippen LogP contribution in [0.4, 0.5) is 5.69 Å². The van der Waals surface area contributed by atoms with Gasteiger partial charge in [-0.05, 0) is 18.2 Å². The molecule has 3 aromatic rings. The summed E-state index contributed by atoms with van der Waals surface area (Å²) in [6, 6.07) is 4.75. The molecule has 0 radical (unpaired) electrons. The van der Waals surface area contributed by atoms with Crippen molar-refractivity contribution >= 4 is 69.2 Å². The summed E-state index contributed by atoms with van der Waals surface area (Å²) >= 11 is 18.9. The SMILES string of the molecule is O=C(Nc1c(Cl)ccc2nsnc12)c1cc(Cl)ncc1Cl. The molecule has 1 aromatic carbocycles. The molecule has 9 heteroatoms. The maximum atomic E-state index is 12.3. The van der Waals surface area contributed by atoms with E-state index in [1.165, 1.54) is 12.3 Å². The molecule has 2 heterocycles. The molecule has 1 amide bonds. The molecular formula is C12H5Cl3N4OS. The molecule has 106 valence electrons.